The van der Waals surface area contributed by atoms with Crippen LogP contribution in [0, 0.1) is 5.92 Å². The van der Waals surface area contributed by atoms with E-state index in [1.54, 1.807) is 0 Å². The number of H-pyrrole nitrogens is 1. The number of benzene rings is 1. The van der Waals surface area contributed by atoms with E-state index < -0.39 is 0 Å². The molecule has 2 heterocycles. The maximum Gasteiger partial charge on any atom is 0.193 e. The Hall–Kier alpha value is -2.27. The van der Waals surface area contributed by atoms with Gasteiger partial charge in [-0.3, -0.25) is 4.79 Å². The smallest absolute Gasteiger partial charge is 0.193 e. The molecule has 0 saturated carbocycles. The highest BCUT2D eigenvalue weighted by Gasteiger charge is 2.45. The summed E-state index contributed by atoms with van der Waals surface area (Å²) in [5.41, 5.74) is 3.38. The van der Waals surface area contributed by atoms with Crippen LogP contribution >= 0.6 is 12.2 Å². The van der Waals surface area contributed by atoms with Crippen LogP contribution in [0.15, 0.2) is 47.6 Å². The zero-order valence-corrected chi connectivity index (χ0v) is 11.3. The third kappa shape index (κ3) is 1.50. The van der Waals surface area contributed by atoms with E-state index in [1.165, 1.54) is 0 Å². The van der Waals surface area contributed by atoms with Gasteiger partial charge in [0.15, 0.2) is 10.9 Å². The number of aromatic amines is 1. The Morgan fingerprint density at radius 2 is 1.90 bits per heavy atom. The van der Waals surface area contributed by atoms with E-state index in [0.717, 1.165) is 22.5 Å². The second kappa shape index (κ2) is 4.11. The lowest BCUT2D eigenvalue weighted by atomic mass is 9.90. The van der Waals surface area contributed by atoms with Crippen LogP contribution in [-0.4, -0.2) is 21.6 Å². The maximum absolute atomic E-state index is 12.7. The van der Waals surface area contributed by atoms with Gasteiger partial charge in [0.2, 0.25) is 0 Å². The summed E-state index contributed by atoms with van der Waals surface area (Å²) in [6.45, 7) is 0. The molecule has 2 aliphatic rings. The Morgan fingerprint density at radius 3 is 2.65 bits per heavy atom. The van der Waals surface area contributed by atoms with E-state index in [2.05, 4.69) is 15.3 Å². The Morgan fingerprint density at radius 1 is 1.10 bits per heavy atom. The minimum absolute atomic E-state index is 0.106. The molecule has 0 saturated heterocycles. The van der Waals surface area contributed by atoms with E-state index in [1.807, 2.05) is 42.6 Å². The molecule has 2 N–H and O–H groups in total. The number of aliphatic imine (C=N–C) groups is 1. The van der Waals surface area contributed by atoms with Gasteiger partial charge in [-0.1, -0.05) is 24.3 Å². The number of hydrogen-bond acceptors (Lipinski definition) is 2. The molecular formula is C15H11N3OS. The van der Waals surface area contributed by atoms with Crippen molar-refractivity contribution < 1.29 is 4.79 Å². The monoisotopic (exact) mass is 281 g/mol. The van der Waals surface area contributed by atoms with Gasteiger partial charge in [-0.2, -0.15) is 0 Å². The molecule has 0 amide bonds. The molecule has 1 aromatic heterocycles. The van der Waals surface area contributed by atoms with Crippen LogP contribution in [0.25, 0.3) is 0 Å². The van der Waals surface area contributed by atoms with Crippen molar-refractivity contribution in [3.63, 3.8) is 0 Å². The van der Waals surface area contributed by atoms with Crippen molar-refractivity contribution in [2.75, 3.05) is 0 Å². The fraction of sp³-hybridized carbons (Fsp3) is 0.133. The number of ketones is 1. The molecule has 2 aromatic rings. The van der Waals surface area contributed by atoms with Gasteiger partial charge in [-0.05, 0) is 24.4 Å². The Kier molecular flexibility index (Phi) is 2.37. The van der Waals surface area contributed by atoms with Crippen molar-refractivity contribution >= 4 is 28.8 Å². The van der Waals surface area contributed by atoms with Crippen molar-refractivity contribution in [3.8, 4) is 0 Å². The lowest BCUT2D eigenvalue weighted by molar-refractivity contribution is 0.0943. The van der Waals surface area contributed by atoms with E-state index in [4.69, 9.17) is 12.2 Å². The fourth-order valence-electron chi connectivity index (χ4n) is 2.97. The normalized spacial score (nSPS) is 23.9. The second-order valence-corrected chi connectivity index (χ2v) is 5.32. The second-order valence-electron chi connectivity index (χ2n) is 4.94. The van der Waals surface area contributed by atoms with Crippen LogP contribution in [0.4, 0.5) is 0 Å². The summed E-state index contributed by atoms with van der Waals surface area (Å²) >= 11 is 5.22. The molecule has 4 rings (SSSR count). The first-order chi connectivity index (χ1) is 9.75. The van der Waals surface area contributed by atoms with Crippen molar-refractivity contribution in [1.29, 1.82) is 0 Å². The van der Waals surface area contributed by atoms with Crippen molar-refractivity contribution in [1.82, 2.24) is 10.3 Å². The number of thiocarbonyl (C=S) groups is 1. The summed E-state index contributed by atoms with van der Waals surface area (Å²) < 4.78 is 0. The molecule has 20 heavy (non-hydrogen) atoms. The molecule has 0 spiro atoms. The van der Waals surface area contributed by atoms with Crippen molar-refractivity contribution in [3.05, 3.63) is 59.4 Å². The SMILES string of the molecule is O=C1c2ccccc2C2=NC(=S)NC(c3ccc[nH]3)C12. The molecule has 1 aromatic carbocycles. The number of carbonyl (C=O) groups is 1. The fourth-order valence-corrected chi connectivity index (χ4v) is 3.20. The zero-order valence-electron chi connectivity index (χ0n) is 10.5. The number of nitrogens with zero attached hydrogens (tertiary/aromatic N) is 1. The molecule has 2 atom stereocenters. The van der Waals surface area contributed by atoms with Gasteiger partial charge >= 0.3 is 0 Å². The van der Waals surface area contributed by atoms with Crippen molar-refractivity contribution in [2.24, 2.45) is 10.9 Å². The van der Waals surface area contributed by atoms with Crippen LogP contribution in [0.1, 0.15) is 27.7 Å². The number of nitrogens with one attached hydrogen (secondary N) is 2. The van der Waals surface area contributed by atoms with Crippen LogP contribution in [0.3, 0.4) is 0 Å². The van der Waals surface area contributed by atoms with Crippen molar-refractivity contribution in [2.45, 2.75) is 6.04 Å². The first kappa shape index (κ1) is 11.5. The highest BCUT2D eigenvalue weighted by Crippen LogP contribution is 2.37. The number of aromatic nitrogens is 1. The molecule has 1 aliphatic heterocycles. The molecule has 0 fully saturated rings. The topological polar surface area (TPSA) is 57.2 Å². The van der Waals surface area contributed by atoms with Gasteiger partial charge in [0.25, 0.3) is 0 Å². The first-order valence-electron chi connectivity index (χ1n) is 6.41. The minimum atomic E-state index is -0.308. The number of fused-ring (bicyclic) bond motifs is 3. The van der Waals surface area contributed by atoms with E-state index in [9.17, 15) is 4.79 Å². The summed E-state index contributed by atoms with van der Waals surface area (Å²) in [7, 11) is 0. The Labute approximate surface area is 120 Å². The summed E-state index contributed by atoms with van der Waals surface area (Å²) in [6, 6.07) is 11.3. The predicted octanol–water partition coefficient (Wildman–Crippen LogP) is 2.25. The summed E-state index contributed by atoms with van der Waals surface area (Å²) in [5.74, 6) is -0.202. The Balaban J connectivity index is 1.90. The van der Waals surface area contributed by atoms with Gasteiger partial charge in [-0.25, -0.2) is 4.99 Å². The van der Waals surface area contributed by atoms with E-state index in [0.29, 0.717) is 5.11 Å². The lowest BCUT2D eigenvalue weighted by Gasteiger charge is -2.28. The highest BCUT2D eigenvalue weighted by atomic mass is 32.1. The molecule has 0 radical (unpaired) electrons. The molecule has 4 nitrogen and oxygen atoms in total. The third-order valence-corrected chi connectivity index (χ3v) is 4.05. The molecular weight excluding hydrogens is 270 g/mol. The van der Waals surface area contributed by atoms with Gasteiger partial charge < -0.3 is 10.3 Å². The molecule has 5 heteroatoms. The molecule has 2 unspecified atom stereocenters. The zero-order chi connectivity index (χ0) is 13.7. The molecule has 98 valence electrons. The highest BCUT2D eigenvalue weighted by molar-refractivity contribution is 7.80. The third-order valence-electron chi connectivity index (χ3n) is 3.84. The summed E-state index contributed by atoms with van der Waals surface area (Å²) in [5, 5.41) is 3.58. The predicted molar refractivity (Wildman–Crippen MR) is 80.1 cm³/mol. The number of Topliss-reactive ketones (excluding diaryl/α,β-unsaturated/α-hetero) is 1. The van der Waals surface area contributed by atoms with Crippen LogP contribution < -0.4 is 5.32 Å². The number of hydrogen-bond donors (Lipinski definition) is 2. The first-order valence-corrected chi connectivity index (χ1v) is 6.82. The van der Waals surface area contributed by atoms with Gasteiger partial charge in [0.05, 0.1) is 17.7 Å². The Bertz CT molecular complexity index is 748. The average molecular weight is 281 g/mol. The standard InChI is InChI=1S/C15H11N3OS/c19-14-9-5-2-1-4-8(9)12-11(14)13(18-15(20)17-12)10-6-3-7-16-10/h1-7,11,13,16H,(H,18,20). The van der Waals surface area contributed by atoms with Gasteiger partial charge in [-0.15, -0.1) is 0 Å². The van der Waals surface area contributed by atoms with Crippen LogP contribution in [0.5, 0.6) is 0 Å². The van der Waals surface area contributed by atoms with Crippen LogP contribution in [0.2, 0.25) is 0 Å². The maximum atomic E-state index is 12.7. The summed E-state index contributed by atoms with van der Waals surface area (Å²) in [6.07, 6.45) is 1.85. The number of carbonyl (C=O) groups excluding carboxylic acids is 1. The molecule has 0 bridgehead atoms. The van der Waals surface area contributed by atoms with Crippen LogP contribution in [-0.2, 0) is 0 Å². The lowest BCUT2D eigenvalue weighted by Crippen LogP contribution is -2.41. The largest absolute Gasteiger partial charge is 0.363 e. The molecule has 1 aliphatic carbocycles. The number of rotatable bonds is 1. The van der Waals surface area contributed by atoms with Gasteiger partial charge in [0.1, 0.15) is 0 Å². The quantitative estimate of drug-likeness (QED) is 0.788. The van der Waals surface area contributed by atoms with Gasteiger partial charge in [0, 0.05) is 23.0 Å². The van der Waals surface area contributed by atoms with E-state index in [-0.39, 0.29) is 17.7 Å². The summed E-state index contributed by atoms with van der Waals surface area (Å²) in [4.78, 5) is 20.2. The average Bonchev–Trinajstić information content (AvgIpc) is 3.07. The van der Waals surface area contributed by atoms with E-state index >= 15 is 0 Å². The minimum Gasteiger partial charge on any atom is -0.363 e.